The molecule has 29 heavy (non-hydrogen) atoms. The summed E-state index contributed by atoms with van der Waals surface area (Å²) in [7, 11) is 0. The summed E-state index contributed by atoms with van der Waals surface area (Å²) in [6, 6.07) is 14.2. The van der Waals surface area contributed by atoms with Crippen LogP contribution in [0.3, 0.4) is 0 Å². The van der Waals surface area contributed by atoms with Crippen molar-refractivity contribution >= 4 is 28.0 Å². The molecule has 2 aromatic heterocycles. The van der Waals surface area contributed by atoms with Crippen molar-refractivity contribution in [3.05, 3.63) is 75.8 Å². The lowest BCUT2D eigenvalue weighted by molar-refractivity contribution is -0.144. The van der Waals surface area contributed by atoms with E-state index in [4.69, 9.17) is 9.15 Å². The molecule has 2 heterocycles. The fourth-order valence-corrected chi connectivity index (χ4v) is 3.18. The van der Waals surface area contributed by atoms with E-state index in [0.29, 0.717) is 35.0 Å². The highest BCUT2D eigenvalue weighted by Gasteiger charge is 2.10. The predicted octanol–water partition coefficient (Wildman–Crippen LogP) is 2.33. The Labute approximate surface area is 165 Å². The first kappa shape index (κ1) is 18.7. The molecule has 4 rings (SSSR count). The van der Waals surface area contributed by atoms with Gasteiger partial charge in [-0.3, -0.25) is 18.7 Å². The van der Waals surface area contributed by atoms with Gasteiger partial charge in [0.1, 0.15) is 0 Å². The topological polar surface area (TPSA) is 96.3 Å². The maximum absolute atomic E-state index is 12.4. The van der Waals surface area contributed by atoms with Gasteiger partial charge in [0.15, 0.2) is 5.58 Å². The van der Waals surface area contributed by atoms with Gasteiger partial charge < -0.3 is 9.15 Å². The molecule has 0 N–H and O–H groups in total. The van der Waals surface area contributed by atoms with Crippen LogP contribution in [0.2, 0.25) is 0 Å². The van der Waals surface area contributed by atoms with Gasteiger partial charge in [0, 0.05) is 13.1 Å². The number of hydrogen-bond acceptors (Lipinski definition) is 6. The summed E-state index contributed by atoms with van der Waals surface area (Å²) in [5, 5.41) is 0.515. The second-order valence-corrected chi connectivity index (χ2v) is 6.57. The molecule has 0 radical (unpaired) electrons. The largest absolute Gasteiger partial charge is 0.466 e. The third-order valence-electron chi connectivity index (χ3n) is 4.65. The van der Waals surface area contributed by atoms with Crippen molar-refractivity contribution in [1.29, 1.82) is 0 Å². The lowest BCUT2D eigenvalue weighted by Gasteiger charge is -2.07. The molecule has 148 valence electrons. The molecule has 2 aromatic carbocycles. The van der Waals surface area contributed by atoms with E-state index in [-0.39, 0.29) is 25.1 Å². The van der Waals surface area contributed by atoms with Crippen LogP contribution in [0.15, 0.2) is 68.9 Å². The van der Waals surface area contributed by atoms with Crippen LogP contribution < -0.4 is 11.3 Å². The van der Waals surface area contributed by atoms with Crippen molar-refractivity contribution in [3.63, 3.8) is 0 Å². The minimum absolute atomic E-state index is 0.0640. The molecule has 0 saturated carbocycles. The molecule has 0 aliphatic carbocycles. The quantitative estimate of drug-likeness (QED) is 0.353. The highest BCUT2D eigenvalue weighted by molar-refractivity contribution is 5.77. The van der Waals surface area contributed by atoms with Crippen LogP contribution in [0.25, 0.3) is 22.0 Å². The molecule has 0 aliphatic rings. The van der Waals surface area contributed by atoms with Gasteiger partial charge in [0.25, 0.3) is 5.56 Å². The van der Waals surface area contributed by atoms with E-state index in [1.807, 2.05) is 18.2 Å². The minimum atomic E-state index is -0.430. The van der Waals surface area contributed by atoms with Crippen LogP contribution in [0, 0.1) is 0 Å². The fraction of sp³-hybridized carbons (Fsp3) is 0.238. The Morgan fingerprint density at radius 2 is 1.83 bits per heavy atom. The number of rotatable bonds is 7. The first-order chi connectivity index (χ1) is 14.1. The van der Waals surface area contributed by atoms with Crippen molar-refractivity contribution in [2.24, 2.45) is 0 Å². The van der Waals surface area contributed by atoms with Crippen molar-refractivity contribution < 1.29 is 13.9 Å². The van der Waals surface area contributed by atoms with Crippen molar-refractivity contribution in [2.45, 2.75) is 25.9 Å². The molecule has 4 aromatic rings. The molecule has 0 atom stereocenters. The first-order valence-electron chi connectivity index (χ1n) is 9.31. The maximum Gasteiger partial charge on any atom is 0.419 e. The number of carbonyl (C=O) groups excluding carboxylic acids is 1. The van der Waals surface area contributed by atoms with Gasteiger partial charge >= 0.3 is 11.7 Å². The number of esters is 1. The predicted molar refractivity (Wildman–Crippen MR) is 107 cm³/mol. The van der Waals surface area contributed by atoms with Gasteiger partial charge in [0.2, 0.25) is 0 Å². The van der Waals surface area contributed by atoms with Gasteiger partial charge in [-0.15, -0.1) is 0 Å². The Kier molecular flexibility index (Phi) is 5.24. The van der Waals surface area contributed by atoms with Gasteiger partial charge in [-0.25, -0.2) is 9.78 Å². The average Bonchev–Trinajstić information content (AvgIpc) is 3.06. The number of fused-ring (bicyclic) bond motifs is 2. The molecular weight excluding hydrogens is 374 g/mol. The van der Waals surface area contributed by atoms with E-state index < -0.39 is 11.7 Å². The van der Waals surface area contributed by atoms with Crippen LogP contribution in [-0.2, 0) is 22.6 Å². The van der Waals surface area contributed by atoms with Crippen LogP contribution in [0.1, 0.15) is 12.8 Å². The second kappa shape index (κ2) is 8.14. The van der Waals surface area contributed by atoms with Crippen LogP contribution in [-0.4, -0.2) is 26.7 Å². The van der Waals surface area contributed by atoms with Gasteiger partial charge in [-0.1, -0.05) is 24.3 Å². The zero-order valence-electron chi connectivity index (χ0n) is 15.6. The zero-order chi connectivity index (χ0) is 20.2. The summed E-state index contributed by atoms with van der Waals surface area (Å²) in [5.41, 5.74) is 1.68. The highest BCUT2D eigenvalue weighted by atomic mass is 16.5. The summed E-state index contributed by atoms with van der Waals surface area (Å²) >= 11 is 0. The fourth-order valence-electron chi connectivity index (χ4n) is 3.18. The SMILES string of the molecule is O=C(CCn1cnc2ccccc2c1=O)OCCCn1c(=O)oc2ccccc21. The maximum atomic E-state index is 12.4. The number of aryl methyl sites for hydroxylation is 2. The van der Waals surface area contributed by atoms with E-state index in [0.717, 1.165) is 0 Å². The number of oxazole rings is 1. The number of aromatic nitrogens is 3. The van der Waals surface area contributed by atoms with Crippen LogP contribution in [0.5, 0.6) is 0 Å². The summed E-state index contributed by atoms with van der Waals surface area (Å²) < 4.78 is 13.3. The Hall–Kier alpha value is -3.68. The standard InChI is InChI=1S/C21H19N3O5/c25-19(10-12-23-14-22-16-7-2-1-6-15(16)20(23)26)28-13-5-11-24-17-8-3-4-9-18(17)29-21(24)27/h1-4,6-9,14H,5,10-13H2. The molecule has 8 nitrogen and oxygen atoms in total. The molecule has 0 bridgehead atoms. The average molecular weight is 393 g/mol. The monoisotopic (exact) mass is 393 g/mol. The van der Waals surface area contributed by atoms with Crippen molar-refractivity contribution in [3.8, 4) is 0 Å². The molecule has 0 spiro atoms. The van der Waals surface area contributed by atoms with E-state index in [2.05, 4.69) is 4.98 Å². The molecule has 0 saturated heterocycles. The first-order valence-corrected chi connectivity index (χ1v) is 9.31. The number of nitrogens with zero attached hydrogens (tertiary/aromatic N) is 3. The van der Waals surface area contributed by atoms with E-state index in [9.17, 15) is 14.4 Å². The Balaban J connectivity index is 1.28. The smallest absolute Gasteiger partial charge is 0.419 e. The summed E-state index contributed by atoms with van der Waals surface area (Å²) in [6.07, 6.45) is 1.98. The van der Waals surface area contributed by atoms with Crippen LogP contribution in [0.4, 0.5) is 0 Å². The number of ether oxygens (including phenoxy) is 1. The number of para-hydroxylation sites is 3. The van der Waals surface area contributed by atoms with Gasteiger partial charge in [-0.2, -0.15) is 0 Å². The Morgan fingerprint density at radius 1 is 1.03 bits per heavy atom. The Bertz CT molecular complexity index is 1280. The van der Waals surface area contributed by atoms with Gasteiger partial charge in [0.05, 0.1) is 35.8 Å². The summed E-state index contributed by atoms with van der Waals surface area (Å²) in [5.74, 6) is -0.838. The summed E-state index contributed by atoms with van der Waals surface area (Å²) in [4.78, 5) is 40.5. The van der Waals surface area contributed by atoms with Crippen molar-refractivity contribution in [2.75, 3.05) is 6.61 Å². The highest BCUT2D eigenvalue weighted by Crippen LogP contribution is 2.12. The summed E-state index contributed by atoms with van der Waals surface area (Å²) in [6.45, 7) is 0.758. The number of hydrogen-bond donors (Lipinski definition) is 0. The molecule has 0 fully saturated rings. The Morgan fingerprint density at radius 3 is 2.72 bits per heavy atom. The minimum Gasteiger partial charge on any atom is -0.466 e. The molecule has 8 heteroatoms. The molecule has 0 aliphatic heterocycles. The van der Waals surface area contributed by atoms with Crippen molar-refractivity contribution in [1.82, 2.24) is 14.1 Å². The van der Waals surface area contributed by atoms with E-state index in [1.165, 1.54) is 15.5 Å². The third kappa shape index (κ3) is 3.96. The van der Waals surface area contributed by atoms with E-state index >= 15 is 0 Å². The lowest BCUT2D eigenvalue weighted by Crippen LogP contribution is -2.22. The lowest BCUT2D eigenvalue weighted by atomic mass is 10.2. The molecule has 0 unspecified atom stereocenters. The normalized spacial score (nSPS) is 11.2. The number of carbonyl (C=O) groups is 1. The van der Waals surface area contributed by atoms with Crippen LogP contribution >= 0.6 is 0 Å². The molecule has 0 amide bonds. The zero-order valence-corrected chi connectivity index (χ0v) is 15.6. The third-order valence-corrected chi connectivity index (χ3v) is 4.65. The molecular formula is C21H19N3O5. The second-order valence-electron chi connectivity index (χ2n) is 6.57. The van der Waals surface area contributed by atoms with Gasteiger partial charge in [-0.05, 0) is 30.7 Å². The number of benzene rings is 2. The van der Waals surface area contributed by atoms with E-state index in [1.54, 1.807) is 30.3 Å².